The molecule has 5 nitrogen and oxygen atoms in total. The zero-order valence-electron chi connectivity index (χ0n) is 14.1. The summed E-state index contributed by atoms with van der Waals surface area (Å²) >= 11 is 1.56. The first kappa shape index (κ1) is 16.6. The van der Waals surface area contributed by atoms with E-state index in [1.807, 2.05) is 53.9 Å². The maximum absolute atomic E-state index is 12.1. The lowest BCUT2D eigenvalue weighted by Crippen LogP contribution is -2.27. The van der Waals surface area contributed by atoms with Crippen LogP contribution < -0.4 is 14.8 Å². The molecule has 0 atom stereocenters. The fourth-order valence-corrected chi connectivity index (χ4v) is 3.60. The van der Waals surface area contributed by atoms with E-state index in [2.05, 4.69) is 10.3 Å². The lowest BCUT2D eigenvalue weighted by molar-refractivity contribution is -0.120. The fourth-order valence-electron chi connectivity index (χ4n) is 2.77. The third kappa shape index (κ3) is 3.86. The monoisotopic (exact) mass is 366 g/mol. The number of carbonyl (C=O) groups is 1. The number of benzene rings is 2. The van der Waals surface area contributed by atoms with Crippen LogP contribution in [0.2, 0.25) is 0 Å². The summed E-state index contributed by atoms with van der Waals surface area (Å²) < 4.78 is 10.7. The summed E-state index contributed by atoms with van der Waals surface area (Å²) in [6.07, 6.45) is 1.04. The molecule has 1 amide bonds. The van der Waals surface area contributed by atoms with Gasteiger partial charge in [0.05, 0.1) is 12.1 Å². The van der Waals surface area contributed by atoms with Gasteiger partial charge in [-0.1, -0.05) is 36.4 Å². The second-order valence-corrected chi connectivity index (χ2v) is 6.83. The molecule has 3 aromatic rings. The highest BCUT2D eigenvalue weighted by Gasteiger charge is 2.13. The van der Waals surface area contributed by atoms with Crippen LogP contribution in [0.15, 0.2) is 53.9 Å². The molecule has 1 aromatic heterocycles. The Hall–Kier alpha value is -2.86. The van der Waals surface area contributed by atoms with Gasteiger partial charge >= 0.3 is 0 Å². The molecule has 1 aliphatic rings. The topological polar surface area (TPSA) is 60.5 Å². The molecule has 0 fully saturated rings. The van der Waals surface area contributed by atoms with Crippen molar-refractivity contribution in [2.75, 3.05) is 13.3 Å². The zero-order chi connectivity index (χ0) is 17.8. The Kier molecular flexibility index (Phi) is 4.84. The van der Waals surface area contributed by atoms with Crippen LogP contribution >= 0.6 is 11.3 Å². The van der Waals surface area contributed by atoms with E-state index in [9.17, 15) is 4.79 Å². The molecule has 1 N–H and O–H groups in total. The SMILES string of the molecule is O=C(Cc1csc(-c2ccccc2)n1)NCCc1ccc2c(c1)OCO2. The number of rotatable bonds is 6. The van der Waals surface area contributed by atoms with Crippen LogP contribution in [-0.4, -0.2) is 24.2 Å². The molecule has 0 aliphatic carbocycles. The van der Waals surface area contributed by atoms with E-state index in [4.69, 9.17) is 9.47 Å². The molecule has 0 spiro atoms. The van der Waals surface area contributed by atoms with Crippen molar-refractivity contribution in [1.82, 2.24) is 10.3 Å². The summed E-state index contributed by atoms with van der Waals surface area (Å²) in [6.45, 7) is 0.849. The molecular weight excluding hydrogens is 348 g/mol. The quantitative estimate of drug-likeness (QED) is 0.726. The summed E-state index contributed by atoms with van der Waals surface area (Å²) in [4.78, 5) is 16.7. The van der Waals surface area contributed by atoms with Gasteiger partial charge in [0.15, 0.2) is 11.5 Å². The molecule has 0 saturated carbocycles. The summed E-state index contributed by atoms with van der Waals surface area (Å²) in [5.74, 6) is 1.52. The van der Waals surface area contributed by atoms with Gasteiger partial charge in [-0.05, 0) is 24.1 Å². The Labute approximate surface area is 155 Å². The number of fused-ring (bicyclic) bond motifs is 1. The Balaban J connectivity index is 1.27. The first-order valence-corrected chi connectivity index (χ1v) is 9.31. The Morgan fingerprint density at radius 2 is 1.96 bits per heavy atom. The van der Waals surface area contributed by atoms with Crippen molar-refractivity contribution in [3.05, 3.63) is 65.2 Å². The van der Waals surface area contributed by atoms with Crippen LogP contribution in [0.4, 0.5) is 0 Å². The third-order valence-electron chi connectivity index (χ3n) is 4.09. The van der Waals surface area contributed by atoms with Crippen molar-refractivity contribution < 1.29 is 14.3 Å². The van der Waals surface area contributed by atoms with E-state index >= 15 is 0 Å². The maximum atomic E-state index is 12.1. The standard InChI is InChI=1S/C20H18N2O3S/c23-19(11-16-12-26-20(22-16)15-4-2-1-3-5-15)21-9-8-14-6-7-17-18(10-14)25-13-24-17/h1-7,10,12H,8-9,11,13H2,(H,21,23). The number of nitrogens with zero attached hydrogens (tertiary/aromatic N) is 1. The van der Waals surface area contributed by atoms with Crippen LogP contribution in [0.25, 0.3) is 10.6 Å². The molecule has 132 valence electrons. The van der Waals surface area contributed by atoms with Gasteiger partial charge in [0, 0.05) is 17.5 Å². The largest absolute Gasteiger partial charge is 0.454 e. The smallest absolute Gasteiger partial charge is 0.231 e. The number of nitrogens with one attached hydrogen (secondary N) is 1. The van der Waals surface area contributed by atoms with Gasteiger partial charge < -0.3 is 14.8 Å². The summed E-state index contributed by atoms with van der Waals surface area (Å²) in [5.41, 5.74) is 2.98. The zero-order valence-corrected chi connectivity index (χ0v) is 14.9. The first-order valence-electron chi connectivity index (χ1n) is 8.43. The number of carbonyl (C=O) groups excluding carboxylic acids is 1. The Morgan fingerprint density at radius 3 is 2.85 bits per heavy atom. The van der Waals surface area contributed by atoms with Crippen molar-refractivity contribution in [3.63, 3.8) is 0 Å². The van der Waals surface area contributed by atoms with Crippen LogP contribution in [0, 0.1) is 0 Å². The molecule has 2 aromatic carbocycles. The lowest BCUT2D eigenvalue weighted by Gasteiger charge is -2.05. The molecule has 6 heteroatoms. The van der Waals surface area contributed by atoms with E-state index in [0.717, 1.165) is 39.7 Å². The number of thiazole rings is 1. The number of hydrogen-bond acceptors (Lipinski definition) is 5. The van der Waals surface area contributed by atoms with Crippen LogP contribution in [0.5, 0.6) is 11.5 Å². The molecule has 0 saturated heterocycles. The number of amides is 1. The van der Waals surface area contributed by atoms with Crippen LogP contribution in [-0.2, 0) is 17.6 Å². The van der Waals surface area contributed by atoms with E-state index in [1.165, 1.54) is 0 Å². The summed E-state index contributed by atoms with van der Waals surface area (Å²) in [6, 6.07) is 15.8. The second kappa shape index (κ2) is 7.58. The van der Waals surface area contributed by atoms with Gasteiger partial charge in [-0.2, -0.15) is 0 Å². The first-order chi connectivity index (χ1) is 12.8. The molecule has 1 aliphatic heterocycles. The van der Waals surface area contributed by atoms with E-state index in [0.29, 0.717) is 13.0 Å². The number of aromatic nitrogens is 1. The molecule has 4 rings (SSSR count). The number of ether oxygens (including phenoxy) is 2. The van der Waals surface area contributed by atoms with Crippen molar-refractivity contribution >= 4 is 17.2 Å². The van der Waals surface area contributed by atoms with Gasteiger partial charge in [0.1, 0.15) is 5.01 Å². The average molecular weight is 366 g/mol. The molecule has 26 heavy (non-hydrogen) atoms. The molecular formula is C20H18N2O3S. The Morgan fingerprint density at radius 1 is 1.12 bits per heavy atom. The molecule has 2 heterocycles. The predicted octanol–water partition coefficient (Wildman–Crippen LogP) is 3.44. The highest BCUT2D eigenvalue weighted by molar-refractivity contribution is 7.13. The Bertz CT molecular complexity index is 908. The predicted molar refractivity (Wildman–Crippen MR) is 101 cm³/mol. The van der Waals surface area contributed by atoms with Crippen LogP contribution in [0.1, 0.15) is 11.3 Å². The minimum absolute atomic E-state index is 0.0179. The molecule has 0 radical (unpaired) electrons. The summed E-state index contributed by atoms with van der Waals surface area (Å²) in [7, 11) is 0. The minimum atomic E-state index is -0.0179. The highest BCUT2D eigenvalue weighted by atomic mass is 32.1. The van der Waals surface area contributed by atoms with Gasteiger partial charge in [-0.25, -0.2) is 4.98 Å². The van der Waals surface area contributed by atoms with Gasteiger partial charge in [0.25, 0.3) is 0 Å². The van der Waals surface area contributed by atoms with Crippen LogP contribution in [0.3, 0.4) is 0 Å². The van der Waals surface area contributed by atoms with E-state index in [1.54, 1.807) is 11.3 Å². The highest BCUT2D eigenvalue weighted by Crippen LogP contribution is 2.32. The minimum Gasteiger partial charge on any atom is -0.454 e. The fraction of sp³-hybridized carbons (Fsp3) is 0.200. The number of hydrogen-bond donors (Lipinski definition) is 1. The van der Waals surface area contributed by atoms with Gasteiger partial charge in [-0.3, -0.25) is 4.79 Å². The van der Waals surface area contributed by atoms with E-state index < -0.39 is 0 Å². The van der Waals surface area contributed by atoms with Crippen molar-refractivity contribution in [2.24, 2.45) is 0 Å². The maximum Gasteiger partial charge on any atom is 0.231 e. The normalized spacial score (nSPS) is 12.2. The van der Waals surface area contributed by atoms with Gasteiger partial charge in [-0.15, -0.1) is 11.3 Å². The summed E-state index contributed by atoms with van der Waals surface area (Å²) in [5, 5.41) is 5.83. The van der Waals surface area contributed by atoms with Crippen molar-refractivity contribution in [2.45, 2.75) is 12.8 Å². The van der Waals surface area contributed by atoms with Crippen molar-refractivity contribution in [3.8, 4) is 22.1 Å². The third-order valence-corrected chi connectivity index (χ3v) is 5.03. The van der Waals surface area contributed by atoms with E-state index in [-0.39, 0.29) is 12.7 Å². The lowest BCUT2D eigenvalue weighted by atomic mass is 10.1. The average Bonchev–Trinajstić information content (AvgIpc) is 3.31. The van der Waals surface area contributed by atoms with Crippen molar-refractivity contribution in [1.29, 1.82) is 0 Å². The molecule has 0 unspecified atom stereocenters. The molecule has 0 bridgehead atoms. The second-order valence-electron chi connectivity index (χ2n) is 5.97. The van der Waals surface area contributed by atoms with Gasteiger partial charge in [0.2, 0.25) is 12.7 Å².